The van der Waals surface area contributed by atoms with E-state index in [0.717, 1.165) is 21.9 Å². The average molecular weight is 391 g/mol. The Morgan fingerprint density at radius 2 is 1.57 bits per heavy atom. The second-order valence-electron chi connectivity index (χ2n) is 7.97. The van der Waals surface area contributed by atoms with Crippen molar-refractivity contribution in [3.8, 4) is 6.07 Å². The number of carbonyl (C=O) groups excluding carboxylic acids is 2. The van der Waals surface area contributed by atoms with Gasteiger partial charge in [0.05, 0.1) is 29.6 Å². The standard InChI is InChI=1S/C25H17N3O2/c26-14-20-21-22(23-18-10-4-2-7-16(18)12-13-27(20)23)25(30)28(24(21)29)19-11-5-8-15-6-1-3-9-17(15)19/h1-13,20-23H/t20-,21+,22+,23+/m0/s1. The highest BCUT2D eigenvalue weighted by atomic mass is 16.2. The maximum absolute atomic E-state index is 13.7. The number of hydrogen-bond acceptors (Lipinski definition) is 4. The first kappa shape index (κ1) is 17.0. The predicted molar refractivity (Wildman–Crippen MR) is 113 cm³/mol. The molecule has 0 unspecified atom stereocenters. The predicted octanol–water partition coefficient (Wildman–Crippen LogP) is 3.88. The highest BCUT2D eigenvalue weighted by molar-refractivity contribution is 6.25. The lowest BCUT2D eigenvalue weighted by Gasteiger charge is -2.33. The van der Waals surface area contributed by atoms with Gasteiger partial charge in [0.2, 0.25) is 11.8 Å². The van der Waals surface area contributed by atoms with E-state index in [2.05, 4.69) is 6.07 Å². The molecule has 3 heterocycles. The van der Waals surface area contributed by atoms with Crippen LogP contribution in [0.15, 0.2) is 72.9 Å². The van der Waals surface area contributed by atoms with E-state index in [-0.39, 0.29) is 17.9 Å². The van der Waals surface area contributed by atoms with Crippen molar-refractivity contribution in [2.24, 2.45) is 11.8 Å². The number of benzene rings is 3. The van der Waals surface area contributed by atoms with Gasteiger partial charge in [-0.25, -0.2) is 4.90 Å². The Kier molecular flexibility index (Phi) is 3.42. The number of fused-ring (bicyclic) bond motifs is 6. The molecule has 5 nitrogen and oxygen atoms in total. The Morgan fingerprint density at radius 3 is 2.43 bits per heavy atom. The second-order valence-corrected chi connectivity index (χ2v) is 7.97. The van der Waals surface area contributed by atoms with Crippen LogP contribution in [-0.4, -0.2) is 22.8 Å². The number of imide groups is 1. The van der Waals surface area contributed by atoms with Crippen molar-refractivity contribution in [3.63, 3.8) is 0 Å². The summed E-state index contributed by atoms with van der Waals surface area (Å²) in [5, 5.41) is 11.8. The van der Waals surface area contributed by atoms with Crippen LogP contribution in [0.25, 0.3) is 16.8 Å². The molecular weight excluding hydrogens is 374 g/mol. The van der Waals surface area contributed by atoms with Gasteiger partial charge in [0.25, 0.3) is 0 Å². The molecule has 3 aliphatic rings. The van der Waals surface area contributed by atoms with Gasteiger partial charge in [-0.15, -0.1) is 0 Å². The van der Waals surface area contributed by atoms with Crippen LogP contribution >= 0.6 is 0 Å². The van der Waals surface area contributed by atoms with Crippen molar-refractivity contribution >= 4 is 34.4 Å². The van der Waals surface area contributed by atoms with Crippen LogP contribution in [-0.2, 0) is 9.59 Å². The molecule has 4 atom stereocenters. The fourth-order valence-electron chi connectivity index (χ4n) is 5.35. The lowest BCUT2D eigenvalue weighted by Crippen LogP contribution is -2.40. The van der Waals surface area contributed by atoms with E-state index in [4.69, 9.17) is 0 Å². The summed E-state index contributed by atoms with van der Waals surface area (Å²) < 4.78 is 0. The van der Waals surface area contributed by atoms with Crippen LogP contribution < -0.4 is 4.90 Å². The number of amides is 2. The molecule has 30 heavy (non-hydrogen) atoms. The Balaban J connectivity index is 1.52. The van der Waals surface area contributed by atoms with Gasteiger partial charge in [0.1, 0.15) is 6.04 Å². The lowest BCUT2D eigenvalue weighted by atomic mass is 9.85. The maximum atomic E-state index is 13.7. The summed E-state index contributed by atoms with van der Waals surface area (Å²) in [6.07, 6.45) is 3.82. The number of nitriles is 1. The van der Waals surface area contributed by atoms with Crippen molar-refractivity contribution in [2.45, 2.75) is 12.1 Å². The number of nitrogens with zero attached hydrogens (tertiary/aromatic N) is 3. The molecule has 0 N–H and O–H groups in total. The monoisotopic (exact) mass is 391 g/mol. The van der Waals surface area contributed by atoms with Crippen molar-refractivity contribution in [2.75, 3.05) is 4.90 Å². The molecule has 5 heteroatoms. The van der Waals surface area contributed by atoms with E-state index in [1.807, 2.05) is 83.9 Å². The van der Waals surface area contributed by atoms with Crippen LogP contribution in [0.4, 0.5) is 5.69 Å². The summed E-state index contributed by atoms with van der Waals surface area (Å²) in [6, 6.07) is 22.6. The van der Waals surface area contributed by atoms with Crippen molar-refractivity contribution in [3.05, 3.63) is 84.1 Å². The Labute approximate surface area is 173 Å². The molecule has 0 radical (unpaired) electrons. The Morgan fingerprint density at radius 1 is 0.833 bits per heavy atom. The van der Waals surface area contributed by atoms with Crippen LogP contribution in [0.3, 0.4) is 0 Å². The summed E-state index contributed by atoms with van der Waals surface area (Å²) in [6.45, 7) is 0. The normalized spacial score (nSPS) is 26.5. The van der Waals surface area contributed by atoms with Crippen LogP contribution in [0.1, 0.15) is 17.2 Å². The molecule has 3 aromatic rings. The maximum Gasteiger partial charge on any atom is 0.240 e. The van der Waals surface area contributed by atoms with Gasteiger partial charge >= 0.3 is 0 Å². The van der Waals surface area contributed by atoms with Gasteiger partial charge in [-0.2, -0.15) is 5.26 Å². The third-order valence-electron chi connectivity index (χ3n) is 6.60. The smallest absolute Gasteiger partial charge is 0.240 e. The van der Waals surface area contributed by atoms with Gasteiger partial charge in [-0.05, 0) is 28.7 Å². The van der Waals surface area contributed by atoms with Crippen LogP contribution in [0, 0.1) is 23.2 Å². The minimum atomic E-state index is -0.678. The first-order valence-corrected chi connectivity index (χ1v) is 10.0. The summed E-state index contributed by atoms with van der Waals surface area (Å²) in [4.78, 5) is 30.5. The zero-order valence-electron chi connectivity index (χ0n) is 16.0. The molecule has 3 aliphatic heterocycles. The van der Waals surface area contributed by atoms with E-state index in [1.165, 1.54) is 4.90 Å². The van der Waals surface area contributed by atoms with Crippen molar-refractivity contribution in [1.82, 2.24) is 4.90 Å². The summed E-state index contributed by atoms with van der Waals surface area (Å²) in [5.74, 6) is -1.76. The van der Waals surface area contributed by atoms with Gasteiger partial charge in [-0.1, -0.05) is 60.7 Å². The third-order valence-corrected chi connectivity index (χ3v) is 6.60. The quantitative estimate of drug-likeness (QED) is 0.591. The second kappa shape index (κ2) is 6.04. The molecule has 0 spiro atoms. The molecule has 0 aliphatic carbocycles. The molecule has 2 fully saturated rings. The van der Waals surface area contributed by atoms with E-state index < -0.39 is 17.9 Å². The fraction of sp³-hybridized carbons (Fsp3) is 0.160. The van der Waals surface area contributed by atoms with E-state index in [1.54, 1.807) is 0 Å². The molecule has 3 aromatic carbocycles. The van der Waals surface area contributed by atoms with E-state index >= 15 is 0 Å². The Bertz CT molecular complexity index is 1300. The zero-order chi connectivity index (χ0) is 20.4. The summed E-state index contributed by atoms with van der Waals surface area (Å²) in [7, 11) is 0. The highest BCUT2D eigenvalue weighted by Crippen LogP contribution is 2.53. The van der Waals surface area contributed by atoms with Gasteiger partial charge in [0, 0.05) is 11.6 Å². The third kappa shape index (κ3) is 2.05. The lowest BCUT2D eigenvalue weighted by molar-refractivity contribution is -0.123. The fourth-order valence-corrected chi connectivity index (χ4v) is 5.35. The summed E-state index contributed by atoms with van der Waals surface area (Å²) in [5.41, 5.74) is 2.62. The molecular formula is C25H17N3O2. The number of hydrogen-bond donors (Lipinski definition) is 0. The summed E-state index contributed by atoms with van der Waals surface area (Å²) >= 11 is 0. The van der Waals surface area contributed by atoms with E-state index in [9.17, 15) is 14.9 Å². The highest BCUT2D eigenvalue weighted by Gasteiger charge is 2.63. The SMILES string of the molecule is N#C[C@H]1[C@H]2C(=O)N(c3cccc4ccccc34)C(=O)[C@H]2[C@H]2c3ccccc3C=CN21. The van der Waals surface area contributed by atoms with Crippen LogP contribution in [0.2, 0.25) is 0 Å². The van der Waals surface area contributed by atoms with E-state index in [0.29, 0.717) is 5.69 Å². The molecule has 0 saturated carbocycles. The molecule has 0 aromatic heterocycles. The van der Waals surface area contributed by atoms with Gasteiger partial charge in [-0.3, -0.25) is 9.59 Å². The Hall–Kier alpha value is -3.91. The van der Waals surface area contributed by atoms with Gasteiger partial charge < -0.3 is 4.90 Å². The topological polar surface area (TPSA) is 64.4 Å². The molecule has 0 bridgehead atoms. The largest absolute Gasteiger partial charge is 0.353 e. The molecule has 2 saturated heterocycles. The minimum Gasteiger partial charge on any atom is -0.353 e. The number of carbonyl (C=O) groups is 2. The molecule has 2 amide bonds. The molecule has 144 valence electrons. The number of anilines is 1. The molecule has 6 rings (SSSR count). The number of rotatable bonds is 1. The first-order valence-electron chi connectivity index (χ1n) is 10.0. The first-order chi connectivity index (χ1) is 14.7. The zero-order valence-corrected chi connectivity index (χ0v) is 16.0. The average Bonchev–Trinajstić information content (AvgIpc) is 3.26. The van der Waals surface area contributed by atoms with Crippen molar-refractivity contribution < 1.29 is 9.59 Å². The van der Waals surface area contributed by atoms with Crippen molar-refractivity contribution in [1.29, 1.82) is 5.26 Å². The van der Waals surface area contributed by atoms with Crippen LogP contribution in [0.5, 0.6) is 0 Å². The van der Waals surface area contributed by atoms with Gasteiger partial charge in [0.15, 0.2) is 0 Å². The minimum absolute atomic E-state index is 0.223.